The number of thioether (sulfide) groups is 1. The zero-order valence-electron chi connectivity index (χ0n) is 10.2. The number of carboxylic acid groups (broad SMARTS) is 1. The van der Waals surface area contributed by atoms with Crippen molar-refractivity contribution in [2.75, 3.05) is 7.11 Å². The Balaban J connectivity index is 2.16. The number of carboxylic acids is 1. The van der Waals surface area contributed by atoms with Crippen molar-refractivity contribution >= 4 is 29.7 Å². The average Bonchev–Trinajstić information content (AvgIpc) is 2.54. The first-order valence-corrected chi connectivity index (χ1v) is 6.25. The Morgan fingerprint density at radius 3 is 2.61 bits per heavy atom. The molecule has 3 unspecified atom stereocenters. The molecular formula is C10H14N2O5S. The van der Waals surface area contributed by atoms with E-state index in [1.165, 1.54) is 23.8 Å². The molecule has 2 saturated heterocycles. The third kappa shape index (κ3) is 1.71. The van der Waals surface area contributed by atoms with Gasteiger partial charge in [-0.3, -0.25) is 4.79 Å². The van der Waals surface area contributed by atoms with Crippen LogP contribution in [0.1, 0.15) is 13.8 Å². The Kier molecular flexibility index (Phi) is 2.92. The summed E-state index contributed by atoms with van der Waals surface area (Å²) in [6.45, 7) is 3.55. The number of fused-ring (bicyclic) bond motifs is 1. The summed E-state index contributed by atoms with van der Waals surface area (Å²) in [6, 6.07) is -1.57. The number of amides is 2. The van der Waals surface area contributed by atoms with Gasteiger partial charge >= 0.3 is 12.1 Å². The Hall–Kier alpha value is -1.44. The van der Waals surface area contributed by atoms with Crippen molar-refractivity contribution in [3.63, 3.8) is 0 Å². The smallest absolute Gasteiger partial charge is 0.407 e. The predicted molar refractivity (Wildman–Crippen MR) is 63.1 cm³/mol. The summed E-state index contributed by atoms with van der Waals surface area (Å²) in [5.74, 6) is -1.41. The standard InChI is InChI=1S/C10H14N2O5S/c1-10(2)5(8(14)15)12-6(13)4(7(12)18-10)11-9(16)17-3/h4-5,7H,1-3H3,(H,11,16)(H,14,15). The predicted octanol–water partition coefficient (Wildman–Crippen LogP) is -0.142. The van der Waals surface area contributed by atoms with Crippen molar-refractivity contribution < 1.29 is 24.2 Å². The number of carbonyl (C=O) groups is 3. The van der Waals surface area contributed by atoms with Crippen LogP contribution in [0.15, 0.2) is 0 Å². The van der Waals surface area contributed by atoms with E-state index in [0.717, 1.165) is 0 Å². The highest BCUT2D eigenvalue weighted by Gasteiger charge is 2.64. The number of rotatable bonds is 2. The largest absolute Gasteiger partial charge is 0.480 e. The van der Waals surface area contributed by atoms with Gasteiger partial charge in [-0.2, -0.15) is 0 Å². The molecule has 0 aromatic carbocycles. The number of hydrogen-bond acceptors (Lipinski definition) is 5. The summed E-state index contributed by atoms with van der Waals surface area (Å²) >= 11 is 1.37. The fraction of sp³-hybridized carbons (Fsp3) is 0.700. The first-order valence-electron chi connectivity index (χ1n) is 5.37. The monoisotopic (exact) mass is 274 g/mol. The van der Waals surface area contributed by atoms with Crippen molar-refractivity contribution in [3.8, 4) is 0 Å². The van der Waals surface area contributed by atoms with Gasteiger partial charge in [0.1, 0.15) is 17.5 Å². The second kappa shape index (κ2) is 4.04. The third-order valence-electron chi connectivity index (χ3n) is 3.13. The van der Waals surface area contributed by atoms with Crippen LogP contribution < -0.4 is 5.32 Å². The second-order valence-electron chi connectivity index (χ2n) is 4.71. The van der Waals surface area contributed by atoms with Crippen LogP contribution in [0.5, 0.6) is 0 Å². The average molecular weight is 274 g/mol. The maximum atomic E-state index is 11.9. The SMILES string of the molecule is COC(=O)NC1C(=O)N2C1SC(C)(C)C2C(=O)O. The zero-order chi connectivity index (χ0) is 13.7. The molecule has 7 nitrogen and oxygen atoms in total. The lowest BCUT2D eigenvalue weighted by Gasteiger charge is -2.43. The Morgan fingerprint density at radius 2 is 2.11 bits per heavy atom. The zero-order valence-corrected chi connectivity index (χ0v) is 11.0. The normalized spacial score (nSPS) is 32.5. The minimum atomic E-state index is -1.03. The highest BCUT2D eigenvalue weighted by molar-refractivity contribution is 8.01. The number of alkyl carbamates (subject to hydrolysis) is 1. The molecule has 0 aliphatic carbocycles. The number of hydrogen-bond donors (Lipinski definition) is 2. The summed E-state index contributed by atoms with van der Waals surface area (Å²) in [6.07, 6.45) is -0.690. The van der Waals surface area contributed by atoms with E-state index in [0.29, 0.717) is 0 Å². The van der Waals surface area contributed by atoms with E-state index in [4.69, 9.17) is 0 Å². The van der Waals surface area contributed by atoms with Crippen LogP contribution in [0.4, 0.5) is 4.79 Å². The fourth-order valence-corrected chi connectivity index (χ4v) is 3.96. The van der Waals surface area contributed by atoms with Crippen molar-refractivity contribution in [1.82, 2.24) is 10.2 Å². The summed E-state index contributed by atoms with van der Waals surface area (Å²) in [5, 5.41) is 11.3. The van der Waals surface area contributed by atoms with E-state index in [1.54, 1.807) is 13.8 Å². The van der Waals surface area contributed by atoms with Crippen LogP contribution >= 0.6 is 11.8 Å². The molecule has 100 valence electrons. The van der Waals surface area contributed by atoms with Gasteiger partial charge in [0.05, 0.1) is 7.11 Å². The van der Waals surface area contributed by atoms with Gasteiger partial charge in [0.25, 0.3) is 0 Å². The van der Waals surface area contributed by atoms with Crippen LogP contribution in [0, 0.1) is 0 Å². The number of β-lactam (4-membered cyclic amide) rings is 1. The third-order valence-corrected chi connectivity index (χ3v) is 4.71. The number of nitrogens with zero attached hydrogens (tertiary/aromatic N) is 1. The fourth-order valence-electron chi connectivity index (χ4n) is 2.33. The van der Waals surface area contributed by atoms with E-state index in [2.05, 4.69) is 10.1 Å². The molecule has 2 aliphatic heterocycles. The lowest BCUT2D eigenvalue weighted by atomic mass is 9.96. The first-order chi connectivity index (χ1) is 8.29. The molecule has 2 aliphatic rings. The number of methoxy groups -OCH3 is 1. The molecule has 2 rings (SSSR count). The minimum absolute atomic E-state index is 0.340. The summed E-state index contributed by atoms with van der Waals surface area (Å²) < 4.78 is 3.85. The van der Waals surface area contributed by atoms with Crippen molar-refractivity contribution in [3.05, 3.63) is 0 Å². The minimum Gasteiger partial charge on any atom is -0.480 e. The second-order valence-corrected chi connectivity index (χ2v) is 6.48. The van der Waals surface area contributed by atoms with Crippen molar-refractivity contribution in [2.24, 2.45) is 0 Å². The maximum Gasteiger partial charge on any atom is 0.407 e. The van der Waals surface area contributed by atoms with Crippen LogP contribution in [0.2, 0.25) is 0 Å². The summed E-state index contributed by atoms with van der Waals surface area (Å²) in [4.78, 5) is 35.5. The maximum absolute atomic E-state index is 11.9. The molecule has 0 saturated carbocycles. The summed E-state index contributed by atoms with van der Waals surface area (Å²) in [7, 11) is 1.21. The topological polar surface area (TPSA) is 95.9 Å². The Labute approximate surface area is 108 Å². The van der Waals surface area contributed by atoms with Crippen LogP contribution in [-0.2, 0) is 14.3 Å². The van der Waals surface area contributed by atoms with Crippen LogP contribution in [0.3, 0.4) is 0 Å². The number of carbonyl (C=O) groups excluding carboxylic acids is 2. The van der Waals surface area contributed by atoms with Crippen LogP contribution in [0.25, 0.3) is 0 Å². The molecule has 3 atom stereocenters. The van der Waals surface area contributed by atoms with E-state index in [1.807, 2.05) is 0 Å². The molecule has 0 aromatic heterocycles. The molecule has 2 heterocycles. The van der Waals surface area contributed by atoms with Gasteiger partial charge in [-0.05, 0) is 13.8 Å². The number of nitrogens with one attached hydrogen (secondary N) is 1. The number of aliphatic carboxylic acids is 1. The Bertz CT molecular complexity index is 424. The molecule has 8 heteroatoms. The highest BCUT2D eigenvalue weighted by Crippen LogP contribution is 2.50. The van der Waals surface area contributed by atoms with Gasteiger partial charge < -0.3 is 20.1 Å². The molecule has 2 N–H and O–H groups in total. The molecule has 0 spiro atoms. The molecule has 0 bridgehead atoms. The molecule has 0 radical (unpaired) electrons. The molecule has 2 fully saturated rings. The van der Waals surface area contributed by atoms with Gasteiger partial charge in [0.15, 0.2) is 0 Å². The van der Waals surface area contributed by atoms with Gasteiger partial charge in [-0.25, -0.2) is 9.59 Å². The van der Waals surface area contributed by atoms with Gasteiger partial charge in [-0.1, -0.05) is 0 Å². The van der Waals surface area contributed by atoms with Gasteiger partial charge in [0, 0.05) is 4.75 Å². The number of ether oxygens (including phenoxy) is 1. The van der Waals surface area contributed by atoms with E-state index in [9.17, 15) is 19.5 Å². The van der Waals surface area contributed by atoms with Gasteiger partial charge in [-0.15, -0.1) is 11.8 Å². The lowest BCUT2D eigenvalue weighted by molar-refractivity contribution is -0.159. The highest BCUT2D eigenvalue weighted by atomic mass is 32.2. The molecular weight excluding hydrogens is 260 g/mol. The molecule has 18 heavy (non-hydrogen) atoms. The van der Waals surface area contributed by atoms with E-state index in [-0.39, 0.29) is 11.3 Å². The van der Waals surface area contributed by atoms with Gasteiger partial charge in [0.2, 0.25) is 5.91 Å². The summed E-state index contributed by atoms with van der Waals surface area (Å²) in [5.41, 5.74) is 0. The first kappa shape index (κ1) is 13.0. The Morgan fingerprint density at radius 1 is 1.50 bits per heavy atom. The molecule has 0 aromatic rings. The van der Waals surface area contributed by atoms with Crippen molar-refractivity contribution in [1.29, 1.82) is 0 Å². The van der Waals surface area contributed by atoms with Crippen molar-refractivity contribution in [2.45, 2.75) is 36.1 Å². The van der Waals surface area contributed by atoms with E-state index < -0.39 is 28.9 Å². The van der Waals surface area contributed by atoms with Crippen LogP contribution in [-0.4, -0.2) is 57.3 Å². The molecule has 2 amide bonds. The van der Waals surface area contributed by atoms with E-state index >= 15 is 0 Å². The quantitative estimate of drug-likeness (QED) is 0.680. The lowest BCUT2D eigenvalue weighted by Crippen LogP contribution is -2.70.